The summed E-state index contributed by atoms with van der Waals surface area (Å²) < 4.78 is 10.3. The first-order valence-electron chi connectivity index (χ1n) is 18.5. The summed E-state index contributed by atoms with van der Waals surface area (Å²) in [6.45, 7) is 10.2. The second kappa shape index (κ2) is 32.8. The number of ether oxygens (including phenoxy) is 2. The third-order valence-electron chi connectivity index (χ3n) is 7.02. The molecule has 0 fully saturated rings. The van der Waals surface area contributed by atoms with E-state index in [2.05, 4.69) is 45.7 Å². The van der Waals surface area contributed by atoms with Gasteiger partial charge in [-0.2, -0.15) is 0 Å². The van der Waals surface area contributed by atoms with Crippen molar-refractivity contribution in [2.45, 2.75) is 98.6 Å². The first kappa shape index (κ1) is 52.5. The van der Waals surface area contributed by atoms with Crippen molar-refractivity contribution in [3.05, 3.63) is 29.3 Å². The highest BCUT2D eigenvalue weighted by atomic mass is 16.5. The zero-order valence-electron chi connectivity index (χ0n) is 33.5. The van der Waals surface area contributed by atoms with Crippen LogP contribution in [0.2, 0.25) is 0 Å². The Morgan fingerprint density at radius 2 is 1.46 bits per heavy atom. The van der Waals surface area contributed by atoms with E-state index in [1.165, 1.54) is 19.5 Å². The summed E-state index contributed by atoms with van der Waals surface area (Å²) in [5, 5.41) is 14.9. The van der Waals surface area contributed by atoms with Gasteiger partial charge >= 0.3 is 12.0 Å². The van der Waals surface area contributed by atoms with Crippen LogP contribution in [-0.4, -0.2) is 99.7 Å². The Morgan fingerprint density at radius 3 is 2.02 bits per heavy atom. The second-order valence-corrected chi connectivity index (χ2v) is 12.4. The molecule has 1 rings (SSSR count). The van der Waals surface area contributed by atoms with Crippen molar-refractivity contribution in [2.75, 3.05) is 45.2 Å². The van der Waals surface area contributed by atoms with E-state index in [1.54, 1.807) is 32.9 Å². The number of hydrogen-bond donors (Lipinski definition) is 8. The Labute approximate surface area is 328 Å². The molecule has 10 N–H and O–H groups in total. The molecule has 0 bridgehead atoms. The van der Waals surface area contributed by atoms with Gasteiger partial charge in [-0.15, -0.1) is 0 Å². The number of primary amides is 2. The summed E-state index contributed by atoms with van der Waals surface area (Å²) in [6, 6.07) is 3.16. The van der Waals surface area contributed by atoms with E-state index in [4.69, 9.17) is 20.9 Å². The minimum atomic E-state index is -1.04. The maximum Gasteiger partial charge on any atom is 0.312 e. The van der Waals surface area contributed by atoms with Gasteiger partial charge in [-0.25, -0.2) is 4.79 Å². The van der Waals surface area contributed by atoms with Crippen LogP contribution in [0.15, 0.2) is 18.2 Å². The molecule has 316 valence electrons. The number of carbonyl (C=O) groups excluding carboxylic acids is 9. The summed E-state index contributed by atoms with van der Waals surface area (Å²) >= 11 is 0. The lowest BCUT2D eigenvalue weighted by Crippen LogP contribution is -2.49. The number of unbranched alkanes of at least 4 members (excludes halogenated alkanes) is 1. The molecule has 1 atom stereocenters. The van der Waals surface area contributed by atoms with E-state index < -0.39 is 35.7 Å². The first-order chi connectivity index (χ1) is 26.6. The smallest absolute Gasteiger partial charge is 0.312 e. The van der Waals surface area contributed by atoms with Gasteiger partial charge in [-0.1, -0.05) is 47.1 Å². The average molecular weight is 795 g/mol. The molecule has 56 heavy (non-hydrogen) atoms. The predicted molar refractivity (Wildman–Crippen MR) is 209 cm³/mol. The number of esters is 1. The SMILES string of the molecule is CCC.CCC(=O)CCOCCC(=O)NC(CCC(N)=O)C(=O)NCC(=O)NCCCCNC(N)=O.CNC(=O)c1cc(NC=O)ccc1COC(=O)C(C)C. The molecule has 0 aliphatic heterocycles. The molecule has 0 radical (unpaired) electrons. The molecule has 8 amide bonds. The van der Waals surface area contributed by atoms with E-state index in [9.17, 15) is 43.2 Å². The third-order valence-corrected chi connectivity index (χ3v) is 7.02. The quantitative estimate of drug-likeness (QED) is 0.0391. The van der Waals surface area contributed by atoms with E-state index in [-0.39, 0.29) is 75.6 Å². The predicted octanol–water partition coefficient (Wildman–Crippen LogP) is 0.924. The Bertz CT molecular complexity index is 1410. The molecule has 0 aliphatic carbocycles. The fourth-order valence-corrected chi connectivity index (χ4v) is 4.02. The van der Waals surface area contributed by atoms with Gasteiger partial charge in [0.25, 0.3) is 5.91 Å². The number of ketones is 1. The van der Waals surface area contributed by atoms with Gasteiger partial charge < -0.3 is 52.8 Å². The van der Waals surface area contributed by atoms with Gasteiger partial charge in [0, 0.05) is 62.6 Å². The number of nitrogens with one attached hydrogen (secondary N) is 6. The summed E-state index contributed by atoms with van der Waals surface area (Å²) in [4.78, 5) is 103. The molecule has 0 heterocycles. The lowest BCUT2D eigenvalue weighted by atomic mass is 10.1. The van der Waals surface area contributed by atoms with Crippen molar-refractivity contribution >= 4 is 59.4 Å². The summed E-state index contributed by atoms with van der Waals surface area (Å²) in [7, 11) is 1.51. The Kier molecular flexibility index (Phi) is 30.8. The van der Waals surface area contributed by atoms with Crippen molar-refractivity contribution in [1.82, 2.24) is 26.6 Å². The fraction of sp³-hybridized carbons (Fsp3) is 0.595. The number of urea groups is 1. The van der Waals surface area contributed by atoms with Crippen LogP contribution in [-0.2, 0) is 49.6 Å². The van der Waals surface area contributed by atoms with Crippen LogP contribution in [0, 0.1) is 5.92 Å². The summed E-state index contributed by atoms with van der Waals surface area (Å²) in [5.74, 6) is -2.97. The monoisotopic (exact) mass is 794 g/mol. The highest BCUT2D eigenvalue weighted by Gasteiger charge is 2.22. The number of rotatable bonds is 25. The van der Waals surface area contributed by atoms with E-state index in [0.717, 1.165) is 0 Å². The van der Waals surface area contributed by atoms with Crippen molar-refractivity contribution in [1.29, 1.82) is 0 Å². The zero-order chi connectivity index (χ0) is 42.9. The first-order valence-corrected chi connectivity index (χ1v) is 18.5. The molecule has 19 heteroatoms. The number of anilines is 1. The maximum atomic E-state index is 12.4. The lowest BCUT2D eigenvalue weighted by Gasteiger charge is -2.18. The number of amides is 8. The van der Waals surface area contributed by atoms with Crippen LogP contribution in [0.5, 0.6) is 0 Å². The highest BCUT2D eigenvalue weighted by molar-refractivity contribution is 5.97. The van der Waals surface area contributed by atoms with Crippen molar-refractivity contribution in [3.63, 3.8) is 0 Å². The maximum absolute atomic E-state index is 12.4. The van der Waals surface area contributed by atoms with Crippen LogP contribution in [0.1, 0.15) is 102 Å². The number of carbonyl (C=O) groups is 9. The van der Waals surface area contributed by atoms with Gasteiger partial charge in [0.15, 0.2) is 0 Å². The van der Waals surface area contributed by atoms with Crippen LogP contribution in [0.3, 0.4) is 0 Å². The molecular formula is C37H62N8O11. The standard InChI is InChI=1S/C20H36N6O7.C14H18N2O4.C3H8/c1-2-14(27)7-11-33-12-8-17(29)26-15(5-6-16(21)28)19(31)25-13-18(30)23-9-3-4-10-24-20(22)32;1-9(2)14(19)20-7-10-4-5-11(16-8-17)6-12(10)13(18)15-3;1-3-2/h15H,2-13H2,1H3,(H2,21,28)(H,23,30)(H,25,31)(H,26,29)(H3,22,24,32);4-6,8-9H,7H2,1-3H3,(H,15,18)(H,16,17);3H2,1-2H3. The van der Waals surface area contributed by atoms with Crippen LogP contribution < -0.4 is 43.4 Å². The number of hydrogen-bond acceptors (Lipinski definition) is 11. The van der Waals surface area contributed by atoms with Gasteiger partial charge in [0.05, 0.1) is 25.7 Å². The molecule has 1 aromatic carbocycles. The minimum absolute atomic E-state index is 0.0150. The lowest BCUT2D eigenvalue weighted by molar-refractivity contribution is -0.148. The molecule has 1 aromatic rings. The van der Waals surface area contributed by atoms with Crippen molar-refractivity contribution < 1.29 is 52.6 Å². The molecular weight excluding hydrogens is 732 g/mol. The number of benzene rings is 1. The van der Waals surface area contributed by atoms with Crippen molar-refractivity contribution in [2.24, 2.45) is 17.4 Å². The molecule has 0 aliphatic rings. The number of Topliss-reactive ketones (excluding diaryl/α,β-unsaturated/α-hetero) is 1. The summed E-state index contributed by atoms with van der Waals surface area (Å²) in [6.07, 6.45) is 3.52. The van der Waals surface area contributed by atoms with Crippen LogP contribution >= 0.6 is 0 Å². The van der Waals surface area contributed by atoms with Gasteiger partial charge in [0.2, 0.25) is 30.0 Å². The fourth-order valence-electron chi connectivity index (χ4n) is 4.02. The third kappa shape index (κ3) is 27.9. The minimum Gasteiger partial charge on any atom is -0.461 e. The molecule has 0 aromatic heterocycles. The Balaban J connectivity index is 0. The normalized spacial score (nSPS) is 10.5. The average Bonchev–Trinajstić information content (AvgIpc) is 3.15. The van der Waals surface area contributed by atoms with Gasteiger partial charge in [0.1, 0.15) is 18.4 Å². The molecule has 0 saturated heterocycles. The van der Waals surface area contributed by atoms with Gasteiger partial charge in [-0.05, 0) is 31.4 Å². The largest absolute Gasteiger partial charge is 0.461 e. The van der Waals surface area contributed by atoms with E-state index in [1.807, 2.05) is 0 Å². The highest BCUT2D eigenvalue weighted by Crippen LogP contribution is 2.17. The molecule has 19 nitrogen and oxygen atoms in total. The second-order valence-electron chi connectivity index (χ2n) is 12.4. The number of nitrogens with two attached hydrogens (primary N) is 2. The Morgan fingerprint density at radius 1 is 0.839 bits per heavy atom. The molecule has 0 saturated carbocycles. The van der Waals surface area contributed by atoms with Crippen molar-refractivity contribution in [3.8, 4) is 0 Å². The molecule has 0 spiro atoms. The van der Waals surface area contributed by atoms with Crippen LogP contribution in [0.4, 0.5) is 10.5 Å². The van der Waals surface area contributed by atoms with Gasteiger partial charge in [-0.3, -0.25) is 38.4 Å². The topological polar surface area (TPSA) is 296 Å². The molecule has 1 unspecified atom stereocenters. The summed E-state index contributed by atoms with van der Waals surface area (Å²) in [5.41, 5.74) is 11.5. The Hall–Kier alpha value is -5.59. The van der Waals surface area contributed by atoms with Crippen LogP contribution in [0.25, 0.3) is 0 Å². The zero-order valence-corrected chi connectivity index (χ0v) is 33.5. The van der Waals surface area contributed by atoms with E-state index >= 15 is 0 Å². The van der Waals surface area contributed by atoms with E-state index in [0.29, 0.717) is 55.6 Å².